The Kier molecular flexibility index (Phi) is 3.85. The normalized spacial score (nSPS) is 18.1. The summed E-state index contributed by atoms with van der Waals surface area (Å²) < 4.78 is 13.1. The highest BCUT2D eigenvalue weighted by Crippen LogP contribution is 2.31. The maximum absolute atomic E-state index is 13.1. The minimum Gasteiger partial charge on any atom is -0.305 e. The van der Waals surface area contributed by atoms with E-state index in [2.05, 4.69) is 29.6 Å². The van der Waals surface area contributed by atoms with E-state index in [1.807, 2.05) is 17.8 Å². The van der Waals surface area contributed by atoms with Crippen molar-refractivity contribution in [2.24, 2.45) is 0 Å². The van der Waals surface area contributed by atoms with E-state index in [0.29, 0.717) is 12.6 Å². The monoisotopic (exact) mass is 273 g/mol. The molecular weight excluding hydrogens is 257 g/mol. The van der Waals surface area contributed by atoms with Crippen LogP contribution in [0.2, 0.25) is 0 Å². The average molecular weight is 273 g/mol. The SMILES string of the molecule is Fc1cccc(CNC2CSCc3ccccc32)c1. The summed E-state index contributed by atoms with van der Waals surface area (Å²) in [5.41, 5.74) is 3.79. The molecule has 1 N–H and O–H groups in total. The summed E-state index contributed by atoms with van der Waals surface area (Å²) in [6.45, 7) is 0.706. The fourth-order valence-corrected chi connectivity index (χ4v) is 3.57. The molecule has 2 aromatic rings. The Morgan fingerprint density at radius 3 is 2.95 bits per heavy atom. The fraction of sp³-hybridized carbons (Fsp3) is 0.250. The Morgan fingerprint density at radius 1 is 1.16 bits per heavy atom. The van der Waals surface area contributed by atoms with E-state index >= 15 is 0 Å². The van der Waals surface area contributed by atoms with Gasteiger partial charge in [0.1, 0.15) is 5.82 Å². The summed E-state index contributed by atoms with van der Waals surface area (Å²) in [7, 11) is 0. The molecular formula is C16H16FNS. The van der Waals surface area contributed by atoms with E-state index < -0.39 is 0 Å². The van der Waals surface area contributed by atoms with Crippen molar-refractivity contribution in [2.75, 3.05) is 5.75 Å². The first-order valence-corrected chi connectivity index (χ1v) is 7.62. The van der Waals surface area contributed by atoms with E-state index in [0.717, 1.165) is 17.1 Å². The van der Waals surface area contributed by atoms with Crippen molar-refractivity contribution < 1.29 is 4.39 Å². The molecule has 3 heteroatoms. The van der Waals surface area contributed by atoms with Crippen molar-refractivity contribution in [1.29, 1.82) is 0 Å². The topological polar surface area (TPSA) is 12.0 Å². The number of rotatable bonds is 3. The molecule has 1 aliphatic heterocycles. The third-order valence-corrected chi connectivity index (χ3v) is 4.50. The van der Waals surface area contributed by atoms with Crippen LogP contribution in [0, 0.1) is 5.82 Å². The van der Waals surface area contributed by atoms with Gasteiger partial charge in [0.25, 0.3) is 0 Å². The molecule has 0 saturated carbocycles. The molecule has 0 saturated heterocycles. The summed E-state index contributed by atoms with van der Waals surface area (Å²) in [5.74, 6) is 2.00. The summed E-state index contributed by atoms with van der Waals surface area (Å²) in [4.78, 5) is 0. The lowest BCUT2D eigenvalue weighted by atomic mass is 10.0. The Balaban J connectivity index is 1.71. The highest BCUT2D eigenvalue weighted by molar-refractivity contribution is 7.98. The molecule has 0 radical (unpaired) electrons. The van der Waals surface area contributed by atoms with Gasteiger partial charge in [0.05, 0.1) is 0 Å². The minimum absolute atomic E-state index is 0.169. The van der Waals surface area contributed by atoms with Gasteiger partial charge in [0.2, 0.25) is 0 Å². The van der Waals surface area contributed by atoms with E-state index in [1.165, 1.54) is 17.2 Å². The predicted molar refractivity (Wildman–Crippen MR) is 78.6 cm³/mol. The van der Waals surface area contributed by atoms with Crippen LogP contribution in [-0.2, 0) is 12.3 Å². The van der Waals surface area contributed by atoms with Crippen LogP contribution in [0.5, 0.6) is 0 Å². The molecule has 0 aliphatic carbocycles. The molecule has 1 heterocycles. The van der Waals surface area contributed by atoms with Crippen LogP contribution >= 0.6 is 11.8 Å². The first-order chi connectivity index (χ1) is 9.33. The maximum atomic E-state index is 13.1. The zero-order chi connectivity index (χ0) is 13.1. The van der Waals surface area contributed by atoms with Crippen LogP contribution in [0.15, 0.2) is 48.5 Å². The lowest BCUT2D eigenvalue weighted by Gasteiger charge is -2.26. The van der Waals surface area contributed by atoms with Gasteiger partial charge in [-0.15, -0.1) is 0 Å². The van der Waals surface area contributed by atoms with E-state index in [9.17, 15) is 4.39 Å². The Labute approximate surface area is 117 Å². The third kappa shape index (κ3) is 2.99. The molecule has 3 rings (SSSR count). The number of nitrogens with one attached hydrogen (secondary N) is 1. The molecule has 0 bridgehead atoms. The third-order valence-electron chi connectivity index (χ3n) is 3.41. The van der Waals surface area contributed by atoms with Crippen molar-refractivity contribution in [3.8, 4) is 0 Å². The molecule has 19 heavy (non-hydrogen) atoms. The zero-order valence-electron chi connectivity index (χ0n) is 10.6. The second kappa shape index (κ2) is 5.76. The Hall–Kier alpha value is -1.32. The summed E-state index contributed by atoms with van der Waals surface area (Å²) in [5, 5.41) is 3.53. The fourth-order valence-electron chi connectivity index (χ4n) is 2.44. The van der Waals surface area contributed by atoms with Crippen molar-refractivity contribution >= 4 is 11.8 Å². The summed E-state index contributed by atoms with van der Waals surface area (Å²) in [6, 6.07) is 15.7. The van der Waals surface area contributed by atoms with Crippen LogP contribution in [0.25, 0.3) is 0 Å². The molecule has 1 aliphatic rings. The number of thioether (sulfide) groups is 1. The van der Waals surface area contributed by atoms with Gasteiger partial charge in [0.15, 0.2) is 0 Å². The molecule has 98 valence electrons. The first-order valence-electron chi connectivity index (χ1n) is 6.46. The van der Waals surface area contributed by atoms with Crippen molar-refractivity contribution in [3.63, 3.8) is 0 Å². The molecule has 0 fully saturated rings. The van der Waals surface area contributed by atoms with E-state index in [-0.39, 0.29) is 5.82 Å². The second-order valence-electron chi connectivity index (χ2n) is 4.78. The van der Waals surface area contributed by atoms with Gasteiger partial charge in [-0.25, -0.2) is 4.39 Å². The number of benzene rings is 2. The molecule has 1 nitrogen and oxygen atoms in total. The zero-order valence-corrected chi connectivity index (χ0v) is 11.4. The molecule has 2 aromatic carbocycles. The first kappa shape index (κ1) is 12.7. The number of hydrogen-bond acceptors (Lipinski definition) is 2. The van der Waals surface area contributed by atoms with Gasteiger partial charge < -0.3 is 5.32 Å². The average Bonchev–Trinajstić information content (AvgIpc) is 2.45. The van der Waals surface area contributed by atoms with Crippen LogP contribution in [0.1, 0.15) is 22.7 Å². The van der Waals surface area contributed by atoms with Gasteiger partial charge >= 0.3 is 0 Å². The van der Waals surface area contributed by atoms with Crippen molar-refractivity contribution in [2.45, 2.75) is 18.3 Å². The number of halogens is 1. The van der Waals surface area contributed by atoms with Gasteiger partial charge in [-0.2, -0.15) is 11.8 Å². The van der Waals surface area contributed by atoms with Gasteiger partial charge in [-0.1, -0.05) is 36.4 Å². The summed E-state index contributed by atoms with van der Waals surface area (Å²) >= 11 is 1.95. The van der Waals surface area contributed by atoms with E-state index in [4.69, 9.17) is 0 Å². The highest BCUT2D eigenvalue weighted by Gasteiger charge is 2.19. The quantitative estimate of drug-likeness (QED) is 0.910. The lowest BCUT2D eigenvalue weighted by molar-refractivity contribution is 0.569. The smallest absolute Gasteiger partial charge is 0.123 e. The van der Waals surface area contributed by atoms with Crippen LogP contribution in [0.4, 0.5) is 4.39 Å². The largest absolute Gasteiger partial charge is 0.305 e. The molecule has 0 spiro atoms. The van der Waals surface area contributed by atoms with Crippen molar-refractivity contribution in [1.82, 2.24) is 5.32 Å². The van der Waals surface area contributed by atoms with Gasteiger partial charge in [-0.3, -0.25) is 0 Å². The maximum Gasteiger partial charge on any atom is 0.123 e. The van der Waals surface area contributed by atoms with Crippen LogP contribution in [-0.4, -0.2) is 5.75 Å². The highest BCUT2D eigenvalue weighted by atomic mass is 32.2. The standard InChI is InChI=1S/C16H16FNS/c17-14-6-3-4-12(8-14)9-18-16-11-19-10-13-5-1-2-7-15(13)16/h1-8,16,18H,9-11H2. The summed E-state index contributed by atoms with van der Waals surface area (Å²) in [6.07, 6.45) is 0. The molecule has 0 aromatic heterocycles. The van der Waals surface area contributed by atoms with E-state index in [1.54, 1.807) is 12.1 Å². The Morgan fingerprint density at radius 2 is 2.05 bits per heavy atom. The van der Waals surface area contributed by atoms with Gasteiger partial charge in [0, 0.05) is 24.1 Å². The lowest BCUT2D eigenvalue weighted by Crippen LogP contribution is -2.26. The molecule has 1 atom stereocenters. The van der Waals surface area contributed by atoms with Crippen LogP contribution < -0.4 is 5.32 Å². The van der Waals surface area contributed by atoms with Crippen LogP contribution in [0.3, 0.4) is 0 Å². The molecule has 0 amide bonds. The minimum atomic E-state index is -0.169. The molecule has 1 unspecified atom stereocenters. The van der Waals surface area contributed by atoms with Gasteiger partial charge in [-0.05, 0) is 28.8 Å². The van der Waals surface area contributed by atoms with Crippen molar-refractivity contribution in [3.05, 3.63) is 71.0 Å². The number of fused-ring (bicyclic) bond motifs is 1. The second-order valence-corrected chi connectivity index (χ2v) is 5.81. The predicted octanol–water partition coefficient (Wildman–Crippen LogP) is 3.90. The number of hydrogen-bond donors (Lipinski definition) is 1. The Bertz CT molecular complexity index is 570.